The van der Waals surface area contributed by atoms with Crippen molar-refractivity contribution in [3.8, 4) is 0 Å². The Kier molecular flexibility index (Phi) is 5.24. The average molecular weight is 322 g/mol. The Labute approximate surface area is 130 Å². The lowest BCUT2D eigenvalue weighted by Gasteiger charge is -2.02. The van der Waals surface area contributed by atoms with Crippen LogP contribution in [-0.2, 0) is 16.1 Å². The average Bonchev–Trinajstić information content (AvgIpc) is 3.15. The number of carbonyl (C=O) groups is 3. The van der Waals surface area contributed by atoms with Crippen molar-refractivity contribution in [2.75, 3.05) is 6.54 Å². The van der Waals surface area contributed by atoms with Crippen LogP contribution in [-0.4, -0.2) is 24.1 Å². The summed E-state index contributed by atoms with van der Waals surface area (Å²) in [6.45, 7) is 2.38. The Morgan fingerprint density at radius 3 is 2.48 bits per heavy atom. The molecule has 2 amide bonds. The second-order valence-electron chi connectivity index (χ2n) is 4.11. The number of rotatable bonds is 5. The van der Waals surface area contributed by atoms with Gasteiger partial charge in [0.1, 0.15) is 0 Å². The van der Waals surface area contributed by atoms with Gasteiger partial charge in [0.25, 0.3) is 0 Å². The van der Waals surface area contributed by atoms with Gasteiger partial charge in [-0.2, -0.15) is 0 Å². The molecule has 2 aromatic heterocycles. The molecular formula is C14H14N2O3S2. The first-order valence-electron chi connectivity index (χ1n) is 6.34. The van der Waals surface area contributed by atoms with Crippen molar-refractivity contribution in [1.82, 2.24) is 10.6 Å². The van der Waals surface area contributed by atoms with E-state index < -0.39 is 11.8 Å². The molecule has 0 fully saturated rings. The summed E-state index contributed by atoms with van der Waals surface area (Å²) in [6, 6.07) is 7.13. The third-order valence-electron chi connectivity index (χ3n) is 2.60. The molecule has 0 saturated carbocycles. The van der Waals surface area contributed by atoms with Gasteiger partial charge in [0.05, 0.1) is 16.3 Å². The molecule has 0 aliphatic heterocycles. The van der Waals surface area contributed by atoms with Crippen LogP contribution >= 0.6 is 22.7 Å². The SMILES string of the molecule is CCNC(=O)C(=O)NCc1ccc(C(=O)c2cccs2)s1. The summed E-state index contributed by atoms with van der Waals surface area (Å²) in [7, 11) is 0. The topological polar surface area (TPSA) is 75.3 Å². The molecule has 2 N–H and O–H groups in total. The zero-order valence-electron chi connectivity index (χ0n) is 11.3. The molecule has 2 aromatic rings. The molecular weight excluding hydrogens is 308 g/mol. The molecule has 110 valence electrons. The van der Waals surface area contributed by atoms with Gasteiger partial charge in [0.15, 0.2) is 0 Å². The summed E-state index contributed by atoms with van der Waals surface area (Å²) in [4.78, 5) is 37.0. The fraction of sp³-hybridized carbons (Fsp3) is 0.214. The summed E-state index contributed by atoms with van der Waals surface area (Å²) < 4.78 is 0. The molecule has 0 aliphatic carbocycles. The van der Waals surface area contributed by atoms with Crippen LogP contribution in [0.3, 0.4) is 0 Å². The Bertz CT molecular complexity index is 647. The number of hydrogen-bond acceptors (Lipinski definition) is 5. The third-order valence-corrected chi connectivity index (χ3v) is 4.55. The van der Waals surface area contributed by atoms with E-state index in [2.05, 4.69) is 10.6 Å². The Morgan fingerprint density at radius 2 is 1.81 bits per heavy atom. The Hall–Kier alpha value is -1.99. The lowest BCUT2D eigenvalue weighted by molar-refractivity contribution is -0.139. The van der Waals surface area contributed by atoms with Crippen molar-refractivity contribution in [1.29, 1.82) is 0 Å². The zero-order valence-corrected chi connectivity index (χ0v) is 13.0. The van der Waals surface area contributed by atoms with Gasteiger partial charge in [-0.15, -0.1) is 22.7 Å². The van der Waals surface area contributed by atoms with Crippen molar-refractivity contribution >= 4 is 40.3 Å². The van der Waals surface area contributed by atoms with Gasteiger partial charge in [0, 0.05) is 11.4 Å². The quantitative estimate of drug-likeness (QED) is 0.651. The van der Waals surface area contributed by atoms with Crippen LogP contribution in [0.1, 0.15) is 26.3 Å². The molecule has 2 rings (SSSR count). The standard InChI is InChI=1S/C14H14N2O3S2/c1-2-15-13(18)14(19)16-8-9-5-6-11(21-9)12(17)10-4-3-7-20-10/h3-7H,2,8H2,1H3,(H,15,18)(H,16,19). The third kappa shape index (κ3) is 3.99. The highest BCUT2D eigenvalue weighted by Crippen LogP contribution is 2.22. The van der Waals surface area contributed by atoms with Gasteiger partial charge in [-0.3, -0.25) is 14.4 Å². The highest BCUT2D eigenvalue weighted by atomic mass is 32.1. The summed E-state index contributed by atoms with van der Waals surface area (Å²) in [6.07, 6.45) is 0. The molecule has 0 bridgehead atoms. The normalized spacial score (nSPS) is 10.1. The van der Waals surface area contributed by atoms with Gasteiger partial charge >= 0.3 is 11.8 Å². The van der Waals surface area contributed by atoms with Crippen molar-refractivity contribution < 1.29 is 14.4 Å². The first-order valence-corrected chi connectivity index (χ1v) is 8.04. The maximum atomic E-state index is 12.1. The second kappa shape index (κ2) is 7.14. The minimum atomic E-state index is -0.670. The second-order valence-corrected chi connectivity index (χ2v) is 6.23. The number of nitrogens with one attached hydrogen (secondary N) is 2. The molecule has 5 nitrogen and oxygen atoms in total. The van der Waals surface area contributed by atoms with E-state index in [1.807, 2.05) is 11.4 Å². The van der Waals surface area contributed by atoms with E-state index in [9.17, 15) is 14.4 Å². The van der Waals surface area contributed by atoms with E-state index in [1.54, 1.807) is 25.1 Å². The van der Waals surface area contributed by atoms with Crippen LogP contribution in [0.4, 0.5) is 0 Å². The summed E-state index contributed by atoms with van der Waals surface area (Å²) in [5, 5.41) is 6.80. The van der Waals surface area contributed by atoms with Gasteiger partial charge in [-0.25, -0.2) is 0 Å². The smallest absolute Gasteiger partial charge is 0.309 e. The van der Waals surface area contributed by atoms with Crippen LogP contribution in [0.25, 0.3) is 0 Å². The highest BCUT2D eigenvalue weighted by Gasteiger charge is 2.15. The molecule has 0 aliphatic rings. The predicted octanol–water partition coefficient (Wildman–Crippen LogP) is 1.79. The molecule has 0 spiro atoms. The van der Waals surface area contributed by atoms with Gasteiger partial charge in [-0.05, 0) is 30.5 Å². The van der Waals surface area contributed by atoms with Crippen molar-refractivity contribution in [2.45, 2.75) is 13.5 Å². The summed E-state index contributed by atoms with van der Waals surface area (Å²) in [5.41, 5.74) is 0. The Morgan fingerprint density at radius 1 is 1.05 bits per heavy atom. The lowest BCUT2D eigenvalue weighted by atomic mass is 10.3. The van der Waals surface area contributed by atoms with E-state index in [0.29, 0.717) is 16.3 Å². The maximum absolute atomic E-state index is 12.1. The number of carbonyl (C=O) groups excluding carboxylic acids is 3. The highest BCUT2D eigenvalue weighted by molar-refractivity contribution is 7.16. The molecule has 0 unspecified atom stereocenters. The molecule has 0 saturated heterocycles. The van der Waals surface area contributed by atoms with E-state index in [4.69, 9.17) is 0 Å². The van der Waals surface area contributed by atoms with Crippen molar-refractivity contribution in [3.63, 3.8) is 0 Å². The Balaban J connectivity index is 1.93. The van der Waals surface area contributed by atoms with Gasteiger partial charge in [-0.1, -0.05) is 6.07 Å². The van der Waals surface area contributed by atoms with Crippen LogP contribution in [0.5, 0.6) is 0 Å². The van der Waals surface area contributed by atoms with E-state index in [0.717, 1.165) is 4.88 Å². The lowest BCUT2D eigenvalue weighted by Crippen LogP contribution is -2.39. The molecule has 0 aromatic carbocycles. The fourth-order valence-corrected chi connectivity index (χ4v) is 3.26. The first kappa shape index (κ1) is 15.4. The van der Waals surface area contributed by atoms with Crippen LogP contribution in [0, 0.1) is 0 Å². The van der Waals surface area contributed by atoms with Crippen LogP contribution in [0.15, 0.2) is 29.6 Å². The number of hydrogen-bond donors (Lipinski definition) is 2. The summed E-state index contributed by atoms with van der Waals surface area (Å²) >= 11 is 2.71. The monoisotopic (exact) mass is 322 g/mol. The minimum absolute atomic E-state index is 0.0173. The number of amides is 2. The van der Waals surface area contributed by atoms with Crippen LogP contribution in [0.2, 0.25) is 0 Å². The van der Waals surface area contributed by atoms with Gasteiger partial charge in [0.2, 0.25) is 5.78 Å². The molecule has 21 heavy (non-hydrogen) atoms. The predicted molar refractivity (Wildman–Crippen MR) is 82.6 cm³/mol. The molecule has 2 heterocycles. The molecule has 0 radical (unpaired) electrons. The van der Waals surface area contributed by atoms with E-state index in [1.165, 1.54) is 22.7 Å². The van der Waals surface area contributed by atoms with Crippen LogP contribution < -0.4 is 10.6 Å². The van der Waals surface area contributed by atoms with Crippen molar-refractivity contribution in [2.24, 2.45) is 0 Å². The van der Waals surface area contributed by atoms with E-state index in [-0.39, 0.29) is 12.3 Å². The fourth-order valence-electron chi connectivity index (χ4n) is 1.61. The van der Waals surface area contributed by atoms with Gasteiger partial charge < -0.3 is 10.6 Å². The first-order chi connectivity index (χ1) is 10.1. The number of likely N-dealkylation sites (N-methyl/N-ethyl adjacent to an activating group) is 1. The molecule has 0 atom stereocenters. The molecule has 7 heteroatoms. The number of ketones is 1. The summed E-state index contributed by atoms with van der Waals surface area (Å²) in [5.74, 6) is -1.34. The van der Waals surface area contributed by atoms with Crippen molar-refractivity contribution in [3.05, 3.63) is 44.3 Å². The van der Waals surface area contributed by atoms with E-state index >= 15 is 0 Å². The largest absolute Gasteiger partial charge is 0.348 e. The minimum Gasteiger partial charge on any atom is -0.348 e. The maximum Gasteiger partial charge on any atom is 0.309 e. The number of thiophene rings is 2. The zero-order chi connectivity index (χ0) is 15.2.